The molecule has 0 atom stereocenters. The quantitative estimate of drug-likeness (QED) is 0.228. The van der Waals surface area contributed by atoms with Gasteiger partial charge in [-0.2, -0.15) is 0 Å². The van der Waals surface area contributed by atoms with Gasteiger partial charge >= 0.3 is 0 Å². The summed E-state index contributed by atoms with van der Waals surface area (Å²) >= 11 is 0. The smallest absolute Gasteiger partial charge is 0.191 e. The van der Waals surface area contributed by atoms with Crippen LogP contribution in [0.2, 0.25) is 0 Å². The average molecular weight is 462 g/mol. The predicted molar refractivity (Wildman–Crippen MR) is 115 cm³/mol. The molecule has 0 unspecified atom stereocenters. The third kappa shape index (κ3) is 7.92. The van der Waals surface area contributed by atoms with E-state index in [1.807, 2.05) is 7.05 Å². The standard InChI is InChI=1S/C18H34N6.HI/c1-3-4-5-6-7-8-9-10-13-20-18(19-2)21-15-17-23-22-16-12-11-14-24(16)17;/h3-15H2,1-2H3,(H2,19,20,21);1H. The Hall–Kier alpha value is -0.860. The summed E-state index contributed by atoms with van der Waals surface area (Å²) in [5.74, 6) is 2.99. The number of nitrogens with one attached hydrogen (secondary N) is 2. The summed E-state index contributed by atoms with van der Waals surface area (Å²) in [6.45, 7) is 4.98. The molecule has 1 aliphatic heterocycles. The largest absolute Gasteiger partial charge is 0.356 e. The predicted octanol–water partition coefficient (Wildman–Crippen LogP) is 3.65. The maximum atomic E-state index is 4.29. The van der Waals surface area contributed by atoms with Gasteiger partial charge in [-0.1, -0.05) is 51.9 Å². The Morgan fingerprint density at radius 1 is 1.04 bits per heavy atom. The van der Waals surface area contributed by atoms with E-state index in [2.05, 4.69) is 37.3 Å². The van der Waals surface area contributed by atoms with Crippen LogP contribution in [0.15, 0.2) is 4.99 Å². The van der Waals surface area contributed by atoms with Gasteiger partial charge in [0, 0.05) is 26.6 Å². The van der Waals surface area contributed by atoms with Crippen molar-refractivity contribution in [2.45, 2.75) is 84.2 Å². The van der Waals surface area contributed by atoms with Gasteiger partial charge in [0.25, 0.3) is 0 Å². The Kier molecular flexibility index (Phi) is 11.9. The number of hydrogen-bond acceptors (Lipinski definition) is 3. The fourth-order valence-electron chi connectivity index (χ4n) is 3.19. The first-order chi connectivity index (χ1) is 11.8. The van der Waals surface area contributed by atoms with Crippen LogP contribution < -0.4 is 10.6 Å². The fourth-order valence-corrected chi connectivity index (χ4v) is 3.19. The van der Waals surface area contributed by atoms with Crippen LogP contribution >= 0.6 is 24.0 Å². The molecule has 0 spiro atoms. The molecule has 0 fully saturated rings. The van der Waals surface area contributed by atoms with Gasteiger partial charge in [-0.3, -0.25) is 4.99 Å². The second-order valence-electron chi connectivity index (χ2n) is 6.62. The highest BCUT2D eigenvalue weighted by atomic mass is 127. The second kappa shape index (κ2) is 13.4. The molecule has 0 bridgehead atoms. The molecule has 0 aliphatic carbocycles. The molecular formula is C18H35IN6. The van der Waals surface area contributed by atoms with Crippen molar-refractivity contribution < 1.29 is 0 Å². The van der Waals surface area contributed by atoms with E-state index < -0.39 is 0 Å². The lowest BCUT2D eigenvalue weighted by molar-refractivity contribution is 0.571. The van der Waals surface area contributed by atoms with Crippen molar-refractivity contribution in [2.75, 3.05) is 13.6 Å². The van der Waals surface area contributed by atoms with E-state index in [1.165, 1.54) is 57.8 Å². The number of guanidine groups is 1. The van der Waals surface area contributed by atoms with Crippen molar-refractivity contribution >= 4 is 29.9 Å². The molecule has 0 radical (unpaired) electrons. The Morgan fingerprint density at radius 2 is 1.76 bits per heavy atom. The molecule has 2 heterocycles. The number of aromatic nitrogens is 3. The summed E-state index contributed by atoms with van der Waals surface area (Å²) in [7, 11) is 1.82. The van der Waals surface area contributed by atoms with Gasteiger partial charge in [-0.25, -0.2) is 0 Å². The third-order valence-electron chi connectivity index (χ3n) is 4.65. The fraction of sp³-hybridized carbons (Fsp3) is 0.833. The van der Waals surface area contributed by atoms with Gasteiger partial charge in [0.15, 0.2) is 11.8 Å². The molecule has 6 nitrogen and oxygen atoms in total. The van der Waals surface area contributed by atoms with Gasteiger partial charge in [0.1, 0.15) is 5.82 Å². The van der Waals surface area contributed by atoms with Crippen LogP contribution in [0.5, 0.6) is 0 Å². The first-order valence-electron chi connectivity index (χ1n) is 9.70. The van der Waals surface area contributed by atoms with Crippen molar-refractivity contribution in [1.82, 2.24) is 25.4 Å². The van der Waals surface area contributed by atoms with E-state index in [0.29, 0.717) is 6.54 Å². The summed E-state index contributed by atoms with van der Waals surface area (Å²) in [6.07, 6.45) is 13.0. The zero-order valence-corrected chi connectivity index (χ0v) is 18.2. The highest BCUT2D eigenvalue weighted by Crippen LogP contribution is 2.13. The Balaban J connectivity index is 0.00000312. The van der Waals surface area contributed by atoms with Gasteiger partial charge in [0.05, 0.1) is 6.54 Å². The topological polar surface area (TPSA) is 67.1 Å². The minimum atomic E-state index is 0. The average Bonchev–Trinajstić information content (AvgIpc) is 3.20. The van der Waals surface area contributed by atoms with Crippen LogP contribution in [-0.4, -0.2) is 34.3 Å². The summed E-state index contributed by atoms with van der Waals surface area (Å²) in [4.78, 5) is 4.29. The Bertz CT molecular complexity index is 500. The molecular weight excluding hydrogens is 427 g/mol. The zero-order chi connectivity index (χ0) is 17.0. The summed E-state index contributed by atoms with van der Waals surface area (Å²) < 4.78 is 2.22. The van der Waals surface area contributed by atoms with Crippen molar-refractivity contribution in [3.05, 3.63) is 11.6 Å². The summed E-state index contributed by atoms with van der Waals surface area (Å²) in [6, 6.07) is 0. The number of fused-ring (bicyclic) bond motifs is 1. The lowest BCUT2D eigenvalue weighted by Crippen LogP contribution is -2.37. The number of hydrogen-bond donors (Lipinski definition) is 2. The van der Waals surface area contributed by atoms with Gasteiger partial charge < -0.3 is 15.2 Å². The van der Waals surface area contributed by atoms with Crippen molar-refractivity contribution in [3.63, 3.8) is 0 Å². The molecule has 0 saturated carbocycles. The minimum absolute atomic E-state index is 0. The molecule has 0 amide bonds. The van der Waals surface area contributed by atoms with E-state index in [-0.39, 0.29) is 24.0 Å². The van der Waals surface area contributed by atoms with Crippen molar-refractivity contribution in [2.24, 2.45) is 4.99 Å². The molecule has 144 valence electrons. The highest BCUT2D eigenvalue weighted by Gasteiger charge is 2.16. The van der Waals surface area contributed by atoms with E-state index in [9.17, 15) is 0 Å². The molecule has 0 aromatic carbocycles. The number of aryl methyl sites for hydroxylation is 1. The monoisotopic (exact) mass is 462 g/mol. The Labute approximate surface area is 169 Å². The molecule has 1 aliphatic rings. The molecule has 1 aromatic heterocycles. The Morgan fingerprint density at radius 3 is 2.48 bits per heavy atom. The summed E-state index contributed by atoms with van der Waals surface area (Å²) in [5, 5.41) is 15.2. The first kappa shape index (κ1) is 22.2. The van der Waals surface area contributed by atoms with E-state index in [0.717, 1.165) is 37.1 Å². The van der Waals surface area contributed by atoms with Crippen LogP contribution in [0.25, 0.3) is 0 Å². The molecule has 25 heavy (non-hydrogen) atoms. The van der Waals surface area contributed by atoms with Crippen molar-refractivity contribution in [1.29, 1.82) is 0 Å². The first-order valence-corrected chi connectivity index (χ1v) is 9.70. The van der Waals surface area contributed by atoms with Gasteiger partial charge in [-0.15, -0.1) is 34.2 Å². The van der Waals surface area contributed by atoms with Crippen LogP contribution in [-0.2, 0) is 19.5 Å². The normalized spacial score (nSPS) is 13.4. The van der Waals surface area contributed by atoms with Crippen LogP contribution in [0, 0.1) is 0 Å². The van der Waals surface area contributed by atoms with E-state index in [1.54, 1.807) is 0 Å². The molecule has 2 rings (SSSR count). The number of halogens is 1. The van der Waals surface area contributed by atoms with Crippen molar-refractivity contribution in [3.8, 4) is 0 Å². The molecule has 7 heteroatoms. The second-order valence-corrected chi connectivity index (χ2v) is 6.62. The highest BCUT2D eigenvalue weighted by molar-refractivity contribution is 14.0. The zero-order valence-electron chi connectivity index (χ0n) is 15.9. The van der Waals surface area contributed by atoms with Crippen LogP contribution in [0.4, 0.5) is 0 Å². The van der Waals surface area contributed by atoms with Crippen LogP contribution in [0.3, 0.4) is 0 Å². The van der Waals surface area contributed by atoms with Gasteiger partial charge in [0.2, 0.25) is 0 Å². The number of aliphatic imine (C=N–C) groups is 1. The summed E-state index contributed by atoms with van der Waals surface area (Å²) in [5.41, 5.74) is 0. The maximum absolute atomic E-state index is 4.29. The van der Waals surface area contributed by atoms with Crippen LogP contribution in [0.1, 0.15) is 76.4 Å². The lowest BCUT2D eigenvalue weighted by atomic mass is 10.1. The number of nitrogens with zero attached hydrogens (tertiary/aromatic N) is 4. The third-order valence-corrected chi connectivity index (χ3v) is 4.65. The molecule has 2 N–H and O–H groups in total. The SMILES string of the molecule is CCCCCCCCCCNC(=NC)NCc1nnc2n1CCC2.I. The van der Waals surface area contributed by atoms with E-state index >= 15 is 0 Å². The number of rotatable bonds is 11. The molecule has 0 saturated heterocycles. The molecule has 1 aromatic rings. The van der Waals surface area contributed by atoms with Gasteiger partial charge in [-0.05, 0) is 12.8 Å². The minimum Gasteiger partial charge on any atom is -0.356 e. The number of unbranched alkanes of at least 4 members (excludes halogenated alkanes) is 7. The van der Waals surface area contributed by atoms with E-state index in [4.69, 9.17) is 0 Å². The maximum Gasteiger partial charge on any atom is 0.191 e. The lowest BCUT2D eigenvalue weighted by Gasteiger charge is -2.11.